The first-order valence-electron chi connectivity index (χ1n) is 6.52. The maximum Gasteiger partial charge on any atom is 0.416 e. The first-order chi connectivity index (χ1) is 11.1. The highest BCUT2D eigenvalue weighted by Gasteiger charge is 2.35. The number of halogens is 8. The van der Waals surface area contributed by atoms with E-state index in [2.05, 4.69) is 0 Å². The van der Waals surface area contributed by atoms with Crippen molar-refractivity contribution in [1.82, 2.24) is 0 Å². The molecule has 0 bridgehead atoms. The monoisotopic (exact) mass is 356 g/mol. The standard InChI is InChI=1S/C8H4F6.C8H8F2/c9-7(10,11)5-2-1-3-6(4-5)8(12,13)14;9-5-7-3-1-2-4-8(7)6-10/h1-4H;1-4H,5-6H2. The van der Waals surface area contributed by atoms with E-state index in [0.29, 0.717) is 23.3 Å². The molecule has 0 amide bonds. The van der Waals surface area contributed by atoms with Crippen LogP contribution < -0.4 is 0 Å². The smallest absolute Gasteiger partial charge is 0.246 e. The summed E-state index contributed by atoms with van der Waals surface area (Å²) in [6.07, 6.45) is -9.50. The fourth-order valence-corrected chi connectivity index (χ4v) is 1.69. The maximum atomic E-state index is 12.0. The topological polar surface area (TPSA) is 0 Å². The van der Waals surface area contributed by atoms with Crippen LogP contribution in [0.5, 0.6) is 0 Å². The summed E-state index contributed by atoms with van der Waals surface area (Å²) in [6, 6.07) is 8.59. The molecule has 0 fully saturated rings. The first kappa shape index (κ1) is 19.9. The van der Waals surface area contributed by atoms with Crippen molar-refractivity contribution in [3.63, 3.8) is 0 Å². The van der Waals surface area contributed by atoms with E-state index in [1.54, 1.807) is 24.3 Å². The molecular formula is C16H12F8. The lowest BCUT2D eigenvalue weighted by Gasteiger charge is -2.10. The minimum atomic E-state index is -4.75. The van der Waals surface area contributed by atoms with Crippen molar-refractivity contribution in [2.45, 2.75) is 25.7 Å². The lowest BCUT2D eigenvalue weighted by molar-refractivity contribution is -0.143. The SMILES string of the molecule is FC(F)(F)c1cccc(C(F)(F)F)c1.FCc1ccccc1CF. The molecule has 0 radical (unpaired) electrons. The van der Waals surface area contributed by atoms with Crippen LogP contribution in [-0.4, -0.2) is 0 Å². The second-order valence-corrected chi connectivity index (χ2v) is 4.61. The van der Waals surface area contributed by atoms with Gasteiger partial charge in [-0.3, -0.25) is 0 Å². The van der Waals surface area contributed by atoms with E-state index in [0.717, 1.165) is 6.07 Å². The maximum absolute atomic E-state index is 12.0. The molecule has 0 atom stereocenters. The van der Waals surface area contributed by atoms with E-state index in [1.165, 1.54) is 0 Å². The number of hydrogen-bond donors (Lipinski definition) is 0. The minimum absolute atomic E-state index is 0.0833. The Morgan fingerprint density at radius 1 is 0.583 bits per heavy atom. The van der Waals surface area contributed by atoms with Crippen LogP contribution in [0.25, 0.3) is 0 Å². The van der Waals surface area contributed by atoms with Gasteiger partial charge in [-0.25, -0.2) is 8.78 Å². The molecule has 0 heterocycles. The van der Waals surface area contributed by atoms with Crippen molar-refractivity contribution in [1.29, 1.82) is 0 Å². The fraction of sp³-hybridized carbons (Fsp3) is 0.250. The Bertz CT molecular complexity index is 591. The summed E-state index contributed by atoms with van der Waals surface area (Å²) in [4.78, 5) is 0. The largest absolute Gasteiger partial charge is 0.416 e. The van der Waals surface area contributed by atoms with Gasteiger partial charge in [-0.05, 0) is 29.3 Å². The molecule has 2 rings (SSSR count). The highest BCUT2D eigenvalue weighted by Crippen LogP contribution is 2.34. The van der Waals surface area contributed by atoms with Crippen LogP contribution in [0, 0.1) is 0 Å². The zero-order chi connectivity index (χ0) is 18.4. The molecule has 24 heavy (non-hydrogen) atoms. The van der Waals surface area contributed by atoms with Crippen molar-refractivity contribution >= 4 is 0 Å². The molecule has 8 heteroatoms. The molecule has 2 aromatic carbocycles. The van der Waals surface area contributed by atoms with Crippen LogP contribution in [0.1, 0.15) is 22.3 Å². The Kier molecular flexibility index (Phi) is 6.74. The van der Waals surface area contributed by atoms with Gasteiger partial charge in [0.2, 0.25) is 0 Å². The van der Waals surface area contributed by atoms with Crippen molar-refractivity contribution in [3.05, 3.63) is 70.8 Å². The average Bonchev–Trinajstić information content (AvgIpc) is 2.54. The van der Waals surface area contributed by atoms with Crippen LogP contribution in [0.4, 0.5) is 35.1 Å². The number of benzene rings is 2. The molecule has 0 aliphatic carbocycles. The third-order valence-electron chi connectivity index (χ3n) is 2.92. The van der Waals surface area contributed by atoms with Crippen molar-refractivity contribution in [2.75, 3.05) is 0 Å². The number of hydrogen-bond acceptors (Lipinski definition) is 0. The molecule has 0 aliphatic rings. The number of alkyl halides is 8. The summed E-state index contributed by atoms with van der Waals surface area (Å²) < 4.78 is 95.9. The van der Waals surface area contributed by atoms with Gasteiger partial charge in [-0.15, -0.1) is 0 Å². The van der Waals surface area contributed by atoms with E-state index in [1.807, 2.05) is 0 Å². The Balaban J connectivity index is 0.000000254. The molecule has 2 aromatic rings. The summed E-state index contributed by atoms with van der Waals surface area (Å²) in [5.74, 6) is 0. The molecule has 0 spiro atoms. The van der Waals surface area contributed by atoms with Crippen molar-refractivity contribution < 1.29 is 35.1 Å². The summed E-state index contributed by atoms with van der Waals surface area (Å²) in [5.41, 5.74) is -1.70. The summed E-state index contributed by atoms with van der Waals surface area (Å²) in [7, 11) is 0. The quantitative estimate of drug-likeness (QED) is 0.550. The van der Waals surface area contributed by atoms with Gasteiger partial charge < -0.3 is 0 Å². The van der Waals surface area contributed by atoms with Crippen LogP contribution in [0.3, 0.4) is 0 Å². The molecule has 0 unspecified atom stereocenters. The van der Waals surface area contributed by atoms with E-state index in [9.17, 15) is 35.1 Å². The Labute approximate surface area is 132 Å². The van der Waals surface area contributed by atoms with Gasteiger partial charge in [0.1, 0.15) is 13.3 Å². The van der Waals surface area contributed by atoms with Gasteiger partial charge in [-0.2, -0.15) is 26.3 Å². The number of rotatable bonds is 2. The van der Waals surface area contributed by atoms with E-state index in [-0.39, 0.29) is 6.07 Å². The minimum Gasteiger partial charge on any atom is -0.246 e. The van der Waals surface area contributed by atoms with Crippen LogP contribution in [0.15, 0.2) is 48.5 Å². The van der Waals surface area contributed by atoms with E-state index in [4.69, 9.17) is 0 Å². The first-order valence-corrected chi connectivity index (χ1v) is 6.52. The van der Waals surface area contributed by atoms with Crippen molar-refractivity contribution in [3.8, 4) is 0 Å². The Morgan fingerprint density at radius 2 is 0.958 bits per heavy atom. The Hall–Kier alpha value is -2.12. The average molecular weight is 356 g/mol. The third-order valence-corrected chi connectivity index (χ3v) is 2.92. The van der Waals surface area contributed by atoms with Crippen LogP contribution in [0.2, 0.25) is 0 Å². The predicted octanol–water partition coefficient (Wildman–Crippen LogP) is 6.35. The highest BCUT2D eigenvalue weighted by molar-refractivity contribution is 5.27. The summed E-state index contributed by atoms with van der Waals surface area (Å²) in [6.45, 7) is -1.17. The van der Waals surface area contributed by atoms with Crippen LogP contribution in [-0.2, 0) is 25.7 Å². The molecular weight excluding hydrogens is 344 g/mol. The fourth-order valence-electron chi connectivity index (χ4n) is 1.69. The third kappa shape index (κ3) is 5.82. The van der Waals surface area contributed by atoms with Crippen molar-refractivity contribution in [2.24, 2.45) is 0 Å². The molecule has 0 nitrogen and oxygen atoms in total. The normalized spacial score (nSPS) is 11.7. The summed E-state index contributed by atoms with van der Waals surface area (Å²) in [5, 5.41) is 0. The Morgan fingerprint density at radius 3 is 1.25 bits per heavy atom. The highest BCUT2D eigenvalue weighted by atomic mass is 19.4. The van der Waals surface area contributed by atoms with Gasteiger partial charge >= 0.3 is 12.4 Å². The second-order valence-electron chi connectivity index (χ2n) is 4.61. The van der Waals surface area contributed by atoms with E-state index >= 15 is 0 Å². The zero-order valence-corrected chi connectivity index (χ0v) is 12.1. The van der Waals surface area contributed by atoms with Gasteiger partial charge in [0.05, 0.1) is 11.1 Å². The van der Waals surface area contributed by atoms with Gasteiger partial charge in [0.15, 0.2) is 0 Å². The lowest BCUT2D eigenvalue weighted by atomic mass is 10.1. The second kappa shape index (κ2) is 8.12. The molecule has 0 N–H and O–H groups in total. The molecule has 0 saturated heterocycles. The molecule has 132 valence electrons. The van der Waals surface area contributed by atoms with Gasteiger partial charge in [-0.1, -0.05) is 30.3 Å². The summed E-state index contributed by atoms with van der Waals surface area (Å²) >= 11 is 0. The molecule has 0 saturated carbocycles. The van der Waals surface area contributed by atoms with Gasteiger partial charge in [0.25, 0.3) is 0 Å². The van der Waals surface area contributed by atoms with Crippen LogP contribution >= 0.6 is 0 Å². The lowest BCUT2D eigenvalue weighted by Crippen LogP contribution is -2.09. The van der Waals surface area contributed by atoms with Gasteiger partial charge in [0, 0.05) is 0 Å². The van der Waals surface area contributed by atoms with E-state index < -0.39 is 36.8 Å². The molecule has 0 aliphatic heterocycles. The zero-order valence-electron chi connectivity index (χ0n) is 12.1. The molecule has 0 aromatic heterocycles. The predicted molar refractivity (Wildman–Crippen MR) is 72.5 cm³/mol.